The van der Waals surface area contributed by atoms with E-state index in [0.29, 0.717) is 23.7 Å². The summed E-state index contributed by atoms with van der Waals surface area (Å²) >= 11 is 6.03. The van der Waals surface area contributed by atoms with E-state index in [1.807, 2.05) is 6.07 Å². The predicted octanol–water partition coefficient (Wildman–Crippen LogP) is 1.58. The van der Waals surface area contributed by atoms with E-state index in [-0.39, 0.29) is 5.91 Å². The van der Waals surface area contributed by atoms with E-state index < -0.39 is 6.10 Å². The van der Waals surface area contributed by atoms with Gasteiger partial charge < -0.3 is 15.4 Å². The van der Waals surface area contributed by atoms with E-state index in [2.05, 4.69) is 0 Å². The Hall–Kier alpha value is -1.26. The van der Waals surface area contributed by atoms with Gasteiger partial charge in [-0.3, -0.25) is 4.79 Å². The molecule has 17 heavy (non-hydrogen) atoms. The van der Waals surface area contributed by atoms with Crippen molar-refractivity contribution in [2.45, 2.75) is 19.4 Å². The maximum Gasteiger partial charge on any atom is 0.267 e. The predicted molar refractivity (Wildman–Crippen MR) is 67.7 cm³/mol. The number of hydrogen-bond acceptors (Lipinski definition) is 3. The van der Waals surface area contributed by atoms with Crippen LogP contribution >= 0.6 is 11.6 Å². The molecule has 0 aromatic heterocycles. The van der Waals surface area contributed by atoms with Crippen molar-refractivity contribution in [1.29, 1.82) is 0 Å². The van der Waals surface area contributed by atoms with E-state index in [1.54, 1.807) is 24.9 Å². The minimum Gasteiger partial charge on any atom is -0.478 e. The van der Waals surface area contributed by atoms with Gasteiger partial charge in [0.1, 0.15) is 5.75 Å². The molecule has 0 bridgehead atoms. The number of halogens is 1. The number of carbonyl (C=O) groups excluding carboxylic acids is 1. The van der Waals surface area contributed by atoms with Crippen LogP contribution in [0.3, 0.4) is 0 Å². The first-order chi connectivity index (χ1) is 8.04. The van der Waals surface area contributed by atoms with Crippen LogP contribution in [-0.4, -0.2) is 25.6 Å². The SMILES string of the molecule is CC1Oc2c(CCN)cc(Cl)cc2N(C)C1=O. The third kappa shape index (κ3) is 2.10. The standard InChI is InChI=1S/C12H15ClN2O2/c1-7-12(16)15(2)10-6-9(13)5-8(3-4-14)11(10)17-7/h5-7H,3-4,14H2,1-2H3. The lowest BCUT2D eigenvalue weighted by Crippen LogP contribution is -2.42. The first-order valence-corrected chi connectivity index (χ1v) is 5.89. The Bertz CT molecular complexity index is 462. The quantitative estimate of drug-likeness (QED) is 0.872. The Kier molecular flexibility index (Phi) is 3.26. The van der Waals surface area contributed by atoms with Gasteiger partial charge in [-0.15, -0.1) is 0 Å². The number of carbonyl (C=O) groups is 1. The zero-order valence-electron chi connectivity index (χ0n) is 9.87. The number of benzene rings is 1. The van der Waals surface area contributed by atoms with Crippen LogP contribution in [-0.2, 0) is 11.2 Å². The third-order valence-electron chi connectivity index (χ3n) is 2.86. The maximum absolute atomic E-state index is 11.8. The fourth-order valence-corrected chi connectivity index (χ4v) is 2.21. The minimum atomic E-state index is -0.467. The van der Waals surface area contributed by atoms with Gasteiger partial charge in [-0.25, -0.2) is 0 Å². The summed E-state index contributed by atoms with van der Waals surface area (Å²) in [6, 6.07) is 3.57. The molecule has 1 heterocycles. The lowest BCUT2D eigenvalue weighted by molar-refractivity contribution is -0.125. The summed E-state index contributed by atoms with van der Waals surface area (Å²) in [6.45, 7) is 2.25. The summed E-state index contributed by atoms with van der Waals surface area (Å²) in [5.74, 6) is 0.646. The van der Waals surface area contributed by atoms with Crippen LogP contribution in [0.25, 0.3) is 0 Å². The van der Waals surface area contributed by atoms with Crippen molar-refractivity contribution in [2.75, 3.05) is 18.5 Å². The van der Waals surface area contributed by atoms with Crippen molar-refractivity contribution in [3.63, 3.8) is 0 Å². The number of anilines is 1. The van der Waals surface area contributed by atoms with Gasteiger partial charge in [-0.2, -0.15) is 0 Å². The average molecular weight is 255 g/mol. The lowest BCUT2D eigenvalue weighted by Gasteiger charge is -2.31. The second-order valence-corrected chi connectivity index (χ2v) is 4.55. The van der Waals surface area contributed by atoms with E-state index in [0.717, 1.165) is 11.3 Å². The molecule has 5 heteroatoms. The second-order valence-electron chi connectivity index (χ2n) is 4.11. The van der Waals surface area contributed by atoms with Crippen molar-refractivity contribution >= 4 is 23.2 Å². The molecule has 1 aromatic carbocycles. The van der Waals surface area contributed by atoms with E-state index in [1.165, 1.54) is 0 Å². The van der Waals surface area contributed by atoms with Crippen molar-refractivity contribution in [1.82, 2.24) is 0 Å². The molecule has 1 amide bonds. The van der Waals surface area contributed by atoms with E-state index in [9.17, 15) is 4.79 Å². The van der Waals surface area contributed by atoms with Crippen LogP contribution in [0.1, 0.15) is 12.5 Å². The van der Waals surface area contributed by atoms with Gasteiger partial charge >= 0.3 is 0 Å². The molecule has 1 unspecified atom stereocenters. The van der Waals surface area contributed by atoms with Gasteiger partial charge in [0.15, 0.2) is 6.10 Å². The summed E-state index contributed by atoms with van der Waals surface area (Å²) in [7, 11) is 1.72. The van der Waals surface area contributed by atoms with Crippen LogP contribution in [0.5, 0.6) is 5.75 Å². The Morgan fingerprint density at radius 3 is 2.88 bits per heavy atom. The van der Waals surface area contributed by atoms with Gasteiger partial charge in [0.05, 0.1) is 5.69 Å². The highest BCUT2D eigenvalue weighted by molar-refractivity contribution is 6.31. The fraction of sp³-hybridized carbons (Fsp3) is 0.417. The summed E-state index contributed by atoms with van der Waals surface area (Å²) < 4.78 is 5.65. The molecule has 92 valence electrons. The van der Waals surface area contributed by atoms with Crippen molar-refractivity contribution in [3.8, 4) is 5.75 Å². The molecule has 1 atom stereocenters. The Balaban J connectivity index is 2.54. The van der Waals surface area contributed by atoms with E-state index >= 15 is 0 Å². The average Bonchev–Trinajstić information content (AvgIpc) is 2.28. The van der Waals surface area contributed by atoms with Crippen molar-refractivity contribution in [3.05, 3.63) is 22.7 Å². The highest BCUT2D eigenvalue weighted by Gasteiger charge is 2.30. The first-order valence-electron chi connectivity index (χ1n) is 5.51. The Labute approximate surface area is 105 Å². The number of rotatable bonds is 2. The van der Waals surface area contributed by atoms with E-state index in [4.69, 9.17) is 22.1 Å². The monoisotopic (exact) mass is 254 g/mol. The topological polar surface area (TPSA) is 55.6 Å². The summed E-state index contributed by atoms with van der Waals surface area (Å²) in [5.41, 5.74) is 7.22. The number of amides is 1. The molecular weight excluding hydrogens is 240 g/mol. The highest BCUT2D eigenvalue weighted by atomic mass is 35.5. The molecular formula is C12H15ClN2O2. The van der Waals surface area contributed by atoms with Gasteiger partial charge in [0.25, 0.3) is 5.91 Å². The van der Waals surface area contributed by atoms with Gasteiger partial charge in [0.2, 0.25) is 0 Å². The summed E-state index contributed by atoms with van der Waals surface area (Å²) in [5, 5.41) is 0.588. The smallest absolute Gasteiger partial charge is 0.267 e. The Morgan fingerprint density at radius 1 is 1.53 bits per heavy atom. The van der Waals surface area contributed by atoms with Crippen molar-refractivity contribution < 1.29 is 9.53 Å². The van der Waals surface area contributed by atoms with Gasteiger partial charge in [-0.1, -0.05) is 11.6 Å². The second kappa shape index (κ2) is 4.55. The molecule has 0 fully saturated rings. The normalized spacial score (nSPS) is 18.9. The molecule has 0 spiro atoms. The molecule has 0 radical (unpaired) electrons. The molecule has 1 aliphatic heterocycles. The number of likely N-dealkylation sites (N-methyl/N-ethyl adjacent to an activating group) is 1. The largest absolute Gasteiger partial charge is 0.478 e. The molecule has 0 aliphatic carbocycles. The zero-order valence-corrected chi connectivity index (χ0v) is 10.6. The number of hydrogen-bond donors (Lipinski definition) is 1. The van der Waals surface area contributed by atoms with Crippen LogP contribution < -0.4 is 15.4 Å². The number of ether oxygens (including phenoxy) is 1. The molecule has 1 aliphatic rings. The van der Waals surface area contributed by atoms with Crippen LogP contribution in [0.15, 0.2) is 12.1 Å². The van der Waals surface area contributed by atoms with Crippen LogP contribution in [0.4, 0.5) is 5.69 Å². The summed E-state index contributed by atoms with van der Waals surface area (Å²) in [4.78, 5) is 13.4. The molecule has 4 nitrogen and oxygen atoms in total. The summed E-state index contributed by atoms with van der Waals surface area (Å²) in [6.07, 6.45) is 0.211. The van der Waals surface area contributed by atoms with Crippen molar-refractivity contribution in [2.24, 2.45) is 5.73 Å². The zero-order chi connectivity index (χ0) is 12.6. The van der Waals surface area contributed by atoms with Gasteiger partial charge in [-0.05, 0) is 37.6 Å². The molecule has 0 saturated heterocycles. The van der Waals surface area contributed by atoms with Crippen LogP contribution in [0, 0.1) is 0 Å². The van der Waals surface area contributed by atoms with Crippen LogP contribution in [0.2, 0.25) is 5.02 Å². The number of fused-ring (bicyclic) bond motifs is 1. The fourth-order valence-electron chi connectivity index (χ4n) is 1.98. The molecule has 1 aromatic rings. The molecule has 0 saturated carbocycles. The number of nitrogens with zero attached hydrogens (tertiary/aromatic N) is 1. The Morgan fingerprint density at radius 2 is 2.24 bits per heavy atom. The minimum absolute atomic E-state index is 0.0709. The highest BCUT2D eigenvalue weighted by Crippen LogP contribution is 2.39. The third-order valence-corrected chi connectivity index (χ3v) is 3.08. The molecule has 2 rings (SSSR count). The van der Waals surface area contributed by atoms with Gasteiger partial charge in [0, 0.05) is 12.1 Å². The first kappa shape index (κ1) is 12.2. The molecule has 2 N–H and O–H groups in total. The lowest BCUT2D eigenvalue weighted by atomic mass is 10.1. The maximum atomic E-state index is 11.8. The number of nitrogens with two attached hydrogens (primary N) is 1.